The number of para-hydroxylation sites is 2. The fourth-order valence-corrected chi connectivity index (χ4v) is 3.93. The molecule has 0 bridgehead atoms. The van der Waals surface area contributed by atoms with E-state index in [1.54, 1.807) is 14.0 Å². The normalized spacial score (nSPS) is 11.5. The molecule has 1 aromatic carbocycles. The van der Waals surface area contributed by atoms with Crippen molar-refractivity contribution in [2.24, 2.45) is 0 Å². The topological polar surface area (TPSA) is 104 Å². The van der Waals surface area contributed by atoms with E-state index < -0.39 is 0 Å². The predicted octanol–water partition coefficient (Wildman–Crippen LogP) is 3.02. The van der Waals surface area contributed by atoms with E-state index in [0.717, 1.165) is 29.8 Å². The quantitative estimate of drug-likeness (QED) is 0.404. The first-order chi connectivity index (χ1) is 15.5. The number of benzene rings is 1. The van der Waals surface area contributed by atoms with Gasteiger partial charge in [0.25, 0.3) is 11.5 Å². The lowest BCUT2D eigenvalue weighted by Gasteiger charge is -2.09. The smallest absolute Gasteiger partial charge is 0.265 e. The molecule has 168 valence electrons. The number of ether oxygens (including phenoxy) is 1. The second-order valence-corrected chi connectivity index (χ2v) is 7.65. The molecule has 0 atom stereocenters. The Balaban J connectivity index is 1.62. The van der Waals surface area contributed by atoms with Gasteiger partial charge in [-0.25, -0.2) is 9.97 Å². The van der Waals surface area contributed by atoms with Crippen molar-refractivity contribution in [1.82, 2.24) is 24.4 Å². The number of methoxy groups -OCH3 is 1. The largest absolute Gasteiger partial charge is 0.442 e. The van der Waals surface area contributed by atoms with Gasteiger partial charge in [0.05, 0.1) is 23.1 Å². The Morgan fingerprint density at radius 1 is 1.25 bits per heavy atom. The molecule has 0 fully saturated rings. The first-order valence-corrected chi connectivity index (χ1v) is 10.7. The minimum Gasteiger partial charge on any atom is -0.442 e. The van der Waals surface area contributed by atoms with Gasteiger partial charge in [0.2, 0.25) is 5.71 Å². The molecular weight excluding hydrogens is 410 g/mol. The van der Waals surface area contributed by atoms with Gasteiger partial charge < -0.3 is 19.0 Å². The Morgan fingerprint density at radius 3 is 2.84 bits per heavy atom. The predicted molar refractivity (Wildman–Crippen MR) is 121 cm³/mol. The van der Waals surface area contributed by atoms with Crippen LogP contribution in [0.3, 0.4) is 0 Å². The number of nitrogens with zero attached hydrogens (tertiary/aromatic N) is 4. The number of aryl methyl sites for hydroxylation is 3. The number of rotatable bonds is 9. The third-order valence-corrected chi connectivity index (χ3v) is 5.42. The van der Waals surface area contributed by atoms with Crippen LogP contribution in [0.5, 0.6) is 0 Å². The summed E-state index contributed by atoms with van der Waals surface area (Å²) in [5, 5.41) is 3.11. The van der Waals surface area contributed by atoms with Gasteiger partial charge in [0.1, 0.15) is 23.3 Å². The van der Waals surface area contributed by atoms with E-state index in [1.165, 1.54) is 10.9 Å². The number of carbonyl (C=O) groups excluding carboxylic acids is 1. The van der Waals surface area contributed by atoms with E-state index in [0.29, 0.717) is 25.3 Å². The van der Waals surface area contributed by atoms with E-state index in [-0.39, 0.29) is 34.7 Å². The lowest BCUT2D eigenvalue weighted by Crippen LogP contribution is -2.28. The molecule has 1 N–H and O–H groups in total. The molecule has 0 aliphatic heterocycles. The zero-order valence-corrected chi connectivity index (χ0v) is 18.6. The average Bonchev–Trinajstić information content (AvgIpc) is 3.31. The summed E-state index contributed by atoms with van der Waals surface area (Å²) in [6.07, 6.45) is 3.05. The average molecular weight is 438 g/mol. The minimum absolute atomic E-state index is 0.166. The van der Waals surface area contributed by atoms with Gasteiger partial charge in [-0.1, -0.05) is 19.1 Å². The fourth-order valence-electron chi connectivity index (χ4n) is 3.93. The maximum Gasteiger partial charge on any atom is 0.265 e. The van der Waals surface area contributed by atoms with Crippen LogP contribution in [0.25, 0.3) is 22.1 Å². The molecule has 4 aromatic rings. The minimum atomic E-state index is -0.384. The molecule has 1 amide bonds. The summed E-state index contributed by atoms with van der Waals surface area (Å²) >= 11 is 0. The molecular formula is C23H27N5O4. The van der Waals surface area contributed by atoms with Gasteiger partial charge in [0.15, 0.2) is 0 Å². The molecule has 0 saturated carbocycles. The lowest BCUT2D eigenvalue weighted by molar-refractivity contribution is 0.0949. The van der Waals surface area contributed by atoms with Gasteiger partial charge in [-0.05, 0) is 31.9 Å². The van der Waals surface area contributed by atoms with Crippen molar-refractivity contribution in [3.8, 4) is 0 Å². The van der Waals surface area contributed by atoms with E-state index in [9.17, 15) is 9.59 Å². The van der Waals surface area contributed by atoms with Gasteiger partial charge in [0, 0.05) is 26.8 Å². The number of hydrogen-bond acceptors (Lipinski definition) is 6. The molecule has 9 heteroatoms. The number of aromatic nitrogens is 4. The van der Waals surface area contributed by atoms with Crippen LogP contribution in [0.1, 0.15) is 41.7 Å². The van der Waals surface area contributed by atoms with Crippen LogP contribution in [-0.2, 0) is 24.4 Å². The monoisotopic (exact) mass is 437 g/mol. The highest BCUT2D eigenvalue weighted by Crippen LogP contribution is 2.21. The van der Waals surface area contributed by atoms with Crippen molar-refractivity contribution < 1.29 is 13.9 Å². The van der Waals surface area contributed by atoms with Crippen LogP contribution in [0.4, 0.5) is 0 Å². The summed E-state index contributed by atoms with van der Waals surface area (Å²) in [5.74, 6) is 0.741. The summed E-state index contributed by atoms with van der Waals surface area (Å²) < 4.78 is 14.3. The van der Waals surface area contributed by atoms with Crippen molar-refractivity contribution >= 4 is 28.0 Å². The number of nitrogens with one attached hydrogen (secondary N) is 1. The van der Waals surface area contributed by atoms with Crippen LogP contribution in [0.15, 0.2) is 39.8 Å². The summed E-state index contributed by atoms with van der Waals surface area (Å²) in [4.78, 5) is 35.0. The SMILES string of the molecule is CCCn1c(CNC(=O)c2c(C)oc3ncn(CCCOC)c(=O)c23)nc2ccccc21. The standard InChI is InChI=1S/C23H27N5O4/c1-4-10-28-17-9-6-5-8-16(17)26-18(28)13-24-21(29)19-15(2)32-22-20(19)23(30)27(14-25-22)11-7-12-31-3/h5-6,8-9,14H,4,7,10-13H2,1-3H3,(H,24,29). The second kappa shape index (κ2) is 9.35. The van der Waals surface area contributed by atoms with Crippen molar-refractivity contribution in [2.75, 3.05) is 13.7 Å². The van der Waals surface area contributed by atoms with Crippen molar-refractivity contribution in [3.63, 3.8) is 0 Å². The van der Waals surface area contributed by atoms with E-state index >= 15 is 0 Å². The summed E-state index contributed by atoms with van der Waals surface area (Å²) in [7, 11) is 1.61. The van der Waals surface area contributed by atoms with Crippen LogP contribution < -0.4 is 10.9 Å². The summed E-state index contributed by atoms with van der Waals surface area (Å²) in [6, 6.07) is 7.90. The molecule has 32 heavy (non-hydrogen) atoms. The van der Waals surface area contributed by atoms with E-state index in [1.807, 2.05) is 24.3 Å². The third-order valence-electron chi connectivity index (χ3n) is 5.42. The number of furan rings is 1. The van der Waals surface area contributed by atoms with Gasteiger partial charge >= 0.3 is 0 Å². The second-order valence-electron chi connectivity index (χ2n) is 7.65. The zero-order valence-electron chi connectivity index (χ0n) is 18.6. The molecule has 0 radical (unpaired) electrons. The van der Waals surface area contributed by atoms with Crippen molar-refractivity contribution in [1.29, 1.82) is 0 Å². The molecule has 0 unspecified atom stereocenters. The Kier molecular flexibility index (Phi) is 6.36. The Hall–Kier alpha value is -3.46. The number of imidazole rings is 1. The van der Waals surface area contributed by atoms with Crippen LogP contribution >= 0.6 is 0 Å². The van der Waals surface area contributed by atoms with Crippen LogP contribution in [0, 0.1) is 6.92 Å². The molecule has 0 saturated heterocycles. The first-order valence-electron chi connectivity index (χ1n) is 10.7. The number of fused-ring (bicyclic) bond motifs is 2. The van der Waals surface area contributed by atoms with E-state index in [4.69, 9.17) is 9.15 Å². The lowest BCUT2D eigenvalue weighted by atomic mass is 10.1. The molecule has 0 aliphatic carbocycles. The van der Waals surface area contributed by atoms with Crippen molar-refractivity contribution in [3.05, 3.63) is 58.1 Å². The molecule has 3 heterocycles. The summed E-state index contributed by atoms with van der Waals surface area (Å²) in [6.45, 7) is 5.78. The zero-order chi connectivity index (χ0) is 22.7. The third kappa shape index (κ3) is 4.03. The number of amides is 1. The van der Waals surface area contributed by atoms with Crippen LogP contribution in [0.2, 0.25) is 0 Å². The molecule has 0 aliphatic rings. The maximum atomic E-state index is 13.1. The first kappa shape index (κ1) is 21.8. The van der Waals surface area contributed by atoms with Gasteiger partial charge in [-0.3, -0.25) is 14.2 Å². The molecule has 0 spiro atoms. The Morgan fingerprint density at radius 2 is 2.06 bits per heavy atom. The molecule has 9 nitrogen and oxygen atoms in total. The molecule has 4 rings (SSSR count). The van der Waals surface area contributed by atoms with Gasteiger partial charge in [-0.15, -0.1) is 0 Å². The van der Waals surface area contributed by atoms with E-state index in [2.05, 4.69) is 26.8 Å². The highest BCUT2D eigenvalue weighted by molar-refractivity contribution is 6.06. The number of carbonyl (C=O) groups is 1. The number of hydrogen-bond donors (Lipinski definition) is 1. The summed E-state index contributed by atoms with van der Waals surface area (Å²) in [5.41, 5.74) is 2.01. The Bertz CT molecular complexity index is 1320. The van der Waals surface area contributed by atoms with Gasteiger partial charge in [-0.2, -0.15) is 0 Å². The highest BCUT2D eigenvalue weighted by Gasteiger charge is 2.23. The maximum absolute atomic E-state index is 13.1. The highest BCUT2D eigenvalue weighted by atomic mass is 16.5. The fraction of sp³-hybridized carbons (Fsp3) is 0.391. The Labute approximate surface area is 185 Å². The van der Waals surface area contributed by atoms with Crippen LogP contribution in [-0.4, -0.2) is 38.7 Å². The van der Waals surface area contributed by atoms with Crippen molar-refractivity contribution in [2.45, 2.75) is 46.3 Å². The molecule has 3 aromatic heterocycles.